The number of halogens is 1. The van der Waals surface area contributed by atoms with Crippen LogP contribution < -0.4 is 10.5 Å². The van der Waals surface area contributed by atoms with Crippen molar-refractivity contribution < 1.29 is 9.13 Å². The second-order valence-corrected chi connectivity index (χ2v) is 4.89. The monoisotopic (exact) mass is 237 g/mol. The van der Waals surface area contributed by atoms with Crippen LogP contribution in [-0.2, 0) is 0 Å². The molecule has 0 unspecified atom stereocenters. The Morgan fingerprint density at radius 2 is 1.88 bits per heavy atom. The van der Waals surface area contributed by atoms with Gasteiger partial charge in [-0.1, -0.05) is 6.07 Å². The Balaban J connectivity index is 1.76. The molecule has 0 aromatic heterocycles. The second-order valence-electron chi connectivity index (χ2n) is 4.89. The van der Waals surface area contributed by atoms with Gasteiger partial charge in [-0.05, 0) is 56.2 Å². The molecule has 1 aliphatic rings. The summed E-state index contributed by atoms with van der Waals surface area (Å²) in [5, 5.41) is 0. The van der Waals surface area contributed by atoms with E-state index in [1.54, 1.807) is 12.1 Å². The van der Waals surface area contributed by atoms with Gasteiger partial charge in [-0.15, -0.1) is 0 Å². The van der Waals surface area contributed by atoms with Gasteiger partial charge in [0.05, 0.1) is 6.61 Å². The van der Waals surface area contributed by atoms with Gasteiger partial charge in [-0.2, -0.15) is 0 Å². The number of ether oxygens (including phenoxy) is 1. The fourth-order valence-electron chi connectivity index (χ4n) is 2.40. The van der Waals surface area contributed by atoms with Gasteiger partial charge >= 0.3 is 0 Å². The van der Waals surface area contributed by atoms with Crippen molar-refractivity contribution in [3.63, 3.8) is 0 Å². The Hall–Kier alpha value is -1.09. The third-order valence-electron chi connectivity index (χ3n) is 3.58. The lowest BCUT2D eigenvalue weighted by Crippen LogP contribution is -2.24. The summed E-state index contributed by atoms with van der Waals surface area (Å²) >= 11 is 0. The first-order valence-electron chi connectivity index (χ1n) is 6.36. The van der Waals surface area contributed by atoms with Crippen molar-refractivity contribution in [1.29, 1.82) is 0 Å². The van der Waals surface area contributed by atoms with E-state index in [0.717, 1.165) is 6.54 Å². The molecule has 0 bridgehead atoms. The molecule has 1 aliphatic carbocycles. The first kappa shape index (κ1) is 12.4. The summed E-state index contributed by atoms with van der Waals surface area (Å²) in [5.41, 5.74) is 5.66. The molecule has 94 valence electrons. The highest BCUT2D eigenvalue weighted by Crippen LogP contribution is 2.28. The number of benzene rings is 1. The molecule has 1 fully saturated rings. The van der Waals surface area contributed by atoms with E-state index < -0.39 is 0 Å². The fourth-order valence-corrected chi connectivity index (χ4v) is 2.40. The molecule has 1 saturated carbocycles. The molecular weight excluding hydrogens is 217 g/mol. The standard InChI is InChI=1S/C14H20FNO/c15-13-2-1-3-14(8-13)17-10-12-6-4-11(9-16)5-7-12/h1-3,8,11-12H,4-7,9-10,16H2/t11-,12+. The van der Waals surface area contributed by atoms with Gasteiger partial charge in [0.15, 0.2) is 0 Å². The summed E-state index contributed by atoms with van der Waals surface area (Å²) in [4.78, 5) is 0. The SMILES string of the molecule is NC[C@H]1CC[C@@H](COc2cccc(F)c2)CC1. The van der Waals surface area contributed by atoms with Gasteiger partial charge in [0, 0.05) is 6.07 Å². The summed E-state index contributed by atoms with van der Waals surface area (Å²) in [6.07, 6.45) is 4.76. The summed E-state index contributed by atoms with van der Waals surface area (Å²) in [6.45, 7) is 1.50. The van der Waals surface area contributed by atoms with Crippen LogP contribution in [0.2, 0.25) is 0 Å². The van der Waals surface area contributed by atoms with Gasteiger partial charge in [-0.25, -0.2) is 4.39 Å². The molecule has 2 rings (SSSR count). The zero-order valence-corrected chi connectivity index (χ0v) is 10.1. The van der Waals surface area contributed by atoms with Crippen LogP contribution in [0.1, 0.15) is 25.7 Å². The molecule has 1 aromatic rings. The van der Waals surface area contributed by atoms with Crippen molar-refractivity contribution in [1.82, 2.24) is 0 Å². The Morgan fingerprint density at radius 3 is 2.53 bits per heavy atom. The molecule has 2 nitrogen and oxygen atoms in total. The van der Waals surface area contributed by atoms with Crippen LogP contribution in [0.15, 0.2) is 24.3 Å². The average Bonchev–Trinajstić information content (AvgIpc) is 2.37. The molecular formula is C14H20FNO. The minimum Gasteiger partial charge on any atom is -0.493 e. The highest BCUT2D eigenvalue weighted by Gasteiger charge is 2.20. The molecule has 3 heteroatoms. The van der Waals surface area contributed by atoms with Gasteiger partial charge in [0.1, 0.15) is 11.6 Å². The smallest absolute Gasteiger partial charge is 0.126 e. The first-order valence-corrected chi connectivity index (χ1v) is 6.36. The van der Waals surface area contributed by atoms with E-state index in [4.69, 9.17) is 10.5 Å². The number of hydrogen-bond donors (Lipinski definition) is 1. The van der Waals surface area contributed by atoms with Crippen LogP contribution in [0.25, 0.3) is 0 Å². The molecule has 1 aromatic carbocycles. The van der Waals surface area contributed by atoms with Crippen molar-refractivity contribution in [3.05, 3.63) is 30.1 Å². The van der Waals surface area contributed by atoms with E-state index in [1.807, 2.05) is 0 Å². The highest BCUT2D eigenvalue weighted by molar-refractivity contribution is 5.22. The highest BCUT2D eigenvalue weighted by atomic mass is 19.1. The Morgan fingerprint density at radius 1 is 1.18 bits per heavy atom. The van der Waals surface area contributed by atoms with E-state index in [2.05, 4.69) is 0 Å². The molecule has 0 atom stereocenters. The van der Waals surface area contributed by atoms with Gasteiger partial charge in [0.2, 0.25) is 0 Å². The van der Waals surface area contributed by atoms with Crippen molar-refractivity contribution in [3.8, 4) is 5.75 Å². The summed E-state index contributed by atoms with van der Waals surface area (Å²) in [7, 11) is 0. The van der Waals surface area contributed by atoms with Gasteiger partial charge in [-0.3, -0.25) is 0 Å². The van der Waals surface area contributed by atoms with Crippen molar-refractivity contribution in [2.75, 3.05) is 13.2 Å². The number of hydrogen-bond acceptors (Lipinski definition) is 2. The molecule has 2 N–H and O–H groups in total. The van der Waals surface area contributed by atoms with Crippen LogP contribution in [0, 0.1) is 17.7 Å². The summed E-state index contributed by atoms with van der Waals surface area (Å²) < 4.78 is 18.6. The van der Waals surface area contributed by atoms with Gasteiger partial charge < -0.3 is 10.5 Å². The summed E-state index contributed by atoms with van der Waals surface area (Å²) in [6, 6.07) is 6.34. The molecule has 0 spiro atoms. The normalized spacial score (nSPS) is 24.6. The molecule has 0 amide bonds. The maximum Gasteiger partial charge on any atom is 0.126 e. The van der Waals surface area contributed by atoms with E-state index in [0.29, 0.717) is 24.2 Å². The lowest BCUT2D eigenvalue weighted by atomic mass is 9.82. The predicted molar refractivity (Wildman–Crippen MR) is 66.4 cm³/mol. The first-order chi connectivity index (χ1) is 8.28. The number of rotatable bonds is 4. The lowest BCUT2D eigenvalue weighted by Gasteiger charge is -2.27. The Bertz CT molecular complexity index is 348. The minimum atomic E-state index is -0.241. The largest absolute Gasteiger partial charge is 0.493 e. The predicted octanol–water partition coefficient (Wildman–Crippen LogP) is 2.97. The molecule has 0 saturated heterocycles. The quantitative estimate of drug-likeness (QED) is 0.873. The number of nitrogens with two attached hydrogens (primary N) is 1. The van der Waals surface area contributed by atoms with Crippen LogP contribution in [0.4, 0.5) is 4.39 Å². The van der Waals surface area contributed by atoms with E-state index in [9.17, 15) is 4.39 Å². The minimum absolute atomic E-state index is 0.241. The fraction of sp³-hybridized carbons (Fsp3) is 0.571. The van der Waals surface area contributed by atoms with Crippen molar-refractivity contribution >= 4 is 0 Å². The van der Waals surface area contributed by atoms with Crippen molar-refractivity contribution in [2.45, 2.75) is 25.7 Å². The molecule has 17 heavy (non-hydrogen) atoms. The summed E-state index contributed by atoms with van der Waals surface area (Å²) in [5.74, 6) is 1.68. The van der Waals surface area contributed by atoms with Crippen LogP contribution in [-0.4, -0.2) is 13.2 Å². The third kappa shape index (κ3) is 3.70. The van der Waals surface area contributed by atoms with E-state index >= 15 is 0 Å². The van der Waals surface area contributed by atoms with Crippen LogP contribution >= 0.6 is 0 Å². The lowest BCUT2D eigenvalue weighted by molar-refractivity contribution is 0.184. The Kier molecular flexibility index (Phi) is 4.37. The van der Waals surface area contributed by atoms with Crippen molar-refractivity contribution in [2.24, 2.45) is 17.6 Å². The third-order valence-corrected chi connectivity index (χ3v) is 3.58. The molecule has 0 heterocycles. The zero-order chi connectivity index (χ0) is 12.1. The molecule has 0 aliphatic heterocycles. The van der Waals surface area contributed by atoms with E-state index in [1.165, 1.54) is 37.8 Å². The van der Waals surface area contributed by atoms with Gasteiger partial charge in [0.25, 0.3) is 0 Å². The maximum atomic E-state index is 12.9. The second kappa shape index (κ2) is 6.01. The average molecular weight is 237 g/mol. The molecule has 0 radical (unpaired) electrons. The zero-order valence-electron chi connectivity index (χ0n) is 10.1. The maximum absolute atomic E-state index is 12.9. The topological polar surface area (TPSA) is 35.2 Å². The van der Waals surface area contributed by atoms with Crippen LogP contribution in [0.5, 0.6) is 5.75 Å². The van der Waals surface area contributed by atoms with E-state index in [-0.39, 0.29) is 5.82 Å². The Labute approximate surface area is 102 Å². The van der Waals surface area contributed by atoms with Crippen LogP contribution in [0.3, 0.4) is 0 Å².